The zero-order chi connectivity index (χ0) is 18.4. The van der Waals surface area contributed by atoms with Crippen molar-refractivity contribution in [2.75, 3.05) is 0 Å². The van der Waals surface area contributed by atoms with Crippen molar-refractivity contribution >= 4 is 27.3 Å². The highest BCUT2D eigenvalue weighted by Crippen LogP contribution is 2.47. The van der Waals surface area contributed by atoms with Gasteiger partial charge in [0.15, 0.2) is 0 Å². The lowest BCUT2D eigenvalue weighted by molar-refractivity contribution is 0.379. The lowest BCUT2D eigenvalue weighted by Crippen LogP contribution is -2.20. The first-order chi connectivity index (χ1) is 12.5. The van der Waals surface area contributed by atoms with Crippen molar-refractivity contribution < 1.29 is 4.74 Å². The van der Waals surface area contributed by atoms with E-state index in [9.17, 15) is 5.26 Å². The summed E-state index contributed by atoms with van der Waals surface area (Å²) in [7, 11) is 0. The number of aromatic nitrogens is 2. The molecule has 130 valence electrons. The van der Waals surface area contributed by atoms with Gasteiger partial charge in [-0.25, -0.2) is 0 Å². The summed E-state index contributed by atoms with van der Waals surface area (Å²) in [6.07, 6.45) is 0. The summed E-state index contributed by atoms with van der Waals surface area (Å²) in [6, 6.07) is 12.2. The average Bonchev–Trinajstić information content (AvgIpc) is 3.16. The van der Waals surface area contributed by atoms with Crippen LogP contribution in [0.25, 0.3) is 11.3 Å². The van der Waals surface area contributed by atoms with Crippen LogP contribution in [0.2, 0.25) is 0 Å². The Bertz CT molecular complexity index is 1070. The molecular formula is C19H15BrN4OS. The third-order valence-corrected chi connectivity index (χ3v) is 5.95. The summed E-state index contributed by atoms with van der Waals surface area (Å²) in [5.41, 5.74) is 10.2. The van der Waals surface area contributed by atoms with Gasteiger partial charge in [0.2, 0.25) is 11.8 Å². The van der Waals surface area contributed by atoms with E-state index in [0.29, 0.717) is 11.5 Å². The first-order valence-corrected chi connectivity index (χ1v) is 9.59. The lowest BCUT2D eigenvalue weighted by atomic mass is 9.83. The van der Waals surface area contributed by atoms with Crippen LogP contribution in [0.1, 0.15) is 26.8 Å². The molecule has 0 spiro atoms. The fourth-order valence-corrected chi connectivity index (χ4v) is 4.51. The van der Waals surface area contributed by atoms with E-state index in [1.54, 1.807) is 11.3 Å². The average molecular weight is 427 g/mol. The number of aryl methyl sites for hydroxylation is 2. The Kier molecular flexibility index (Phi) is 4.10. The van der Waals surface area contributed by atoms with Crippen LogP contribution in [0.5, 0.6) is 5.88 Å². The van der Waals surface area contributed by atoms with Gasteiger partial charge in [0, 0.05) is 19.8 Å². The van der Waals surface area contributed by atoms with Gasteiger partial charge in [-0.3, -0.25) is 5.10 Å². The number of nitrogens with one attached hydrogen (secondary N) is 1. The van der Waals surface area contributed by atoms with Crippen LogP contribution >= 0.6 is 27.3 Å². The minimum absolute atomic E-state index is 0.101. The summed E-state index contributed by atoms with van der Waals surface area (Å²) in [5, 5.41) is 17.1. The molecular weight excluding hydrogens is 412 g/mol. The second-order valence-electron chi connectivity index (χ2n) is 6.12. The number of benzene rings is 1. The number of H-pyrrole nitrogens is 1. The highest BCUT2D eigenvalue weighted by atomic mass is 79.9. The Morgan fingerprint density at radius 1 is 1.31 bits per heavy atom. The molecule has 0 amide bonds. The maximum Gasteiger partial charge on any atom is 0.244 e. The van der Waals surface area contributed by atoms with E-state index >= 15 is 0 Å². The first-order valence-electron chi connectivity index (χ1n) is 7.98. The van der Waals surface area contributed by atoms with Crippen molar-refractivity contribution in [2.24, 2.45) is 5.73 Å². The fraction of sp³-hybridized carbons (Fsp3) is 0.158. The molecule has 0 radical (unpaired) electrons. The van der Waals surface area contributed by atoms with Gasteiger partial charge in [0.05, 0.1) is 17.2 Å². The van der Waals surface area contributed by atoms with E-state index in [1.165, 1.54) is 9.75 Å². The van der Waals surface area contributed by atoms with Gasteiger partial charge in [0.25, 0.3) is 0 Å². The highest BCUT2D eigenvalue weighted by molar-refractivity contribution is 9.10. The maximum absolute atomic E-state index is 9.73. The number of hydrogen-bond donors (Lipinski definition) is 2. The Labute approximate surface area is 163 Å². The third kappa shape index (κ3) is 2.62. The molecule has 4 rings (SSSR count). The van der Waals surface area contributed by atoms with E-state index in [0.717, 1.165) is 26.9 Å². The number of ether oxygens (including phenoxy) is 1. The van der Waals surface area contributed by atoms with Crippen LogP contribution < -0.4 is 10.5 Å². The molecule has 0 saturated heterocycles. The number of hydrogen-bond acceptors (Lipinski definition) is 5. The summed E-state index contributed by atoms with van der Waals surface area (Å²) >= 11 is 5.19. The largest absolute Gasteiger partial charge is 0.420 e. The van der Waals surface area contributed by atoms with Crippen LogP contribution in [-0.4, -0.2) is 10.2 Å². The van der Waals surface area contributed by atoms with E-state index in [-0.39, 0.29) is 11.8 Å². The molecule has 1 aliphatic rings. The third-order valence-electron chi connectivity index (χ3n) is 4.45. The Hall–Kier alpha value is -2.56. The smallest absolute Gasteiger partial charge is 0.244 e. The van der Waals surface area contributed by atoms with Gasteiger partial charge in [0.1, 0.15) is 11.6 Å². The molecule has 2 aromatic heterocycles. The first kappa shape index (κ1) is 16.9. The maximum atomic E-state index is 9.73. The van der Waals surface area contributed by atoms with Gasteiger partial charge in [-0.15, -0.1) is 16.4 Å². The summed E-state index contributed by atoms with van der Waals surface area (Å²) in [5.74, 6) is 0.196. The van der Waals surface area contributed by atoms with Crippen molar-refractivity contribution in [3.8, 4) is 23.2 Å². The van der Waals surface area contributed by atoms with Crippen LogP contribution in [0, 0.1) is 25.2 Å². The molecule has 3 aromatic rings. The monoisotopic (exact) mass is 426 g/mol. The second-order valence-corrected chi connectivity index (χ2v) is 8.50. The number of thiophene rings is 1. The molecule has 7 heteroatoms. The van der Waals surface area contributed by atoms with Crippen LogP contribution in [-0.2, 0) is 0 Å². The number of fused-ring (bicyclic) bond motifs is 1. The fourth-order valence-electron chi connectivity index (χ4n) is 3.32. The van der Waals surface area contributed by atoms with E-state index in [1.807, 2.05) is 24.3 Å². The molecule has 0 bridgehead atoms. The summed E-state index contributed by atoms with van der Waals surface area (Å²) in [4.78, 5) is 2.40. The Balaban J connectivity index is 1.97. The topological polar surface area (TPSA) is 87.7 Å². The predicted molar refractivity (Wildman–Crippen MR) is 105 cm³/mol. The van der Waals surface area contributed by atoms with Crippen molar-refractivity contribution in [1.82, 2.24) is 10.2 Å². The summed E-state index contributed by atoms with van der Waals surface area (Å²) in [6.45, 7) is 4.15. The predicted octanol–water partition coefficient (Wildman–Crippen LogP) is 4.74. The normalized spacial score (nSPS) is 16.2. The molecule has 0 saturated carbocycles. The van der Waals surface area contributed by atoms with Crippen molar-refractivity contribution in [3.05, 3.63) is 67.1 Å². The second kappa shape index (κ2) is 6.31. The minimum atomic E-state index is -0.329. The quantitative estimate of drug-likeness (QED) is 0.619. The number of halogens is 1. The van der Waals surface area contributed by atoms with Gasteiger partial charge >= 0.3 is 0 Å². The Morgan fingerprint density at radius 2 is 2.04 bits per heavy atom. The van der Waals surface area contributed by atoms with Crippen molar-refractivity contribution in [2.45, 2.75) is 19.8 Å². The van der Waals surface area contributed by atoms with Crippen LogP contribution in [0.4, 0.5) is 0 Å². The Morgan fingerprint density at radius 3 is 2.65 bits per heavy atom. The zero-order valence-corrected chi connectivity index (χ0v) is 16.5. The molecule has 1 aromatic carbocycles. The molecule has 1 aliphatic heterocycles. The molecule has 1 unspecified atom stereocenters. The molecule has 3 heterocycles. The molecule has 0 fully saturated rings. The van der Waals surface area contributed by atoms with E-state index in [4.69, 9.17) is 10.5 Å². The number of rotatable bonds is 2. The zero-order valence-electron chi connectivity index (χ0n) is 14.1. The number of nitrogens with zero attached hydrogens (tertiary/aromatic N) is 2. The van der Waals surface area contributed by atoms with Crippen LogP contribution in [0.15, 0.2) is 46.3 Å². The number of aromatic amines is 1. The van der Waals surface area contributed by atoms with Crippen molar-refractivity contribution in [1.29, 1.82) is 5.26 Å². The molecule has 0 aliphatic carbocycles. The molecule has 1 atom stereocenters. The standard InChI is InChI=1S/C19H15BrN4OS/c1-9-7-13(10(2)26-9)17-16-15(11-3-5-12(20)6-4-11)14(8-21)18(22)25-19(16)24-23-17/h3-7,15H,22H2,1-2H3,(H,23,24). The highest BCUT2D eigenvalue weighted by Gasteiger charge is 2.36. The molecule has 3 N–H and O–H groups in total. The summed E-state index contributed by atoms with van der Waals surface area (Å²) < 4.78 is 6.62. The number of nitriles is 1. The molecule has 5 nitrogen and oxygen atoms in total. The van der Waals surface area contributed by atoms with Gasteiger partial charge in [-0.1, -0.05) is 28.1 Å². The van der Waals surface area contributed by atoms with Gasteiger partial charge in [-0.05, 0) is 37.6 Å². The number of allylic oxidation sites excluding steroid dienone is 1. The van der Waals surface area contributed by atoms with Gasteiger partial charge in [-0.2, -0.15) is 5.26 Å². The van der Waals surface area contributed by atoms with Crippen LogP contribution in [0.3, 0.4) is 0 Å². The van der Waals surface area contributed by atoms with E-state index < -0.39 is 0 Å². The number of nitrogens with two attached hydrogens (primary N) is 1. The SMILES string of the molecule is Cc1cc(-c2[nH]nc3c2C(c2ccc(Br)cc2)C(C#N)=C(N)O3)c(C)s1. The molecule has 26 heavy (non-hydrogen) atoms. The van der Waals surface area contributed by atoms with Gasteiger partial charge < -0.3 is 10.5 Å². The minimum Gasteiger partial charge on any atom is -0.420 e. The van der Waals surface area contributed by atoms with E-state index in [2.05, 4.69) is 52.1 Å². The van der Waals surface area contributed by atoms with Crippen molar-refractivity contribution in [3.63, 3.8) is 0 Å². The lowest BCUT2D eigenvalue weighted by Gasteiger charge is -2.24.